The Balaban J connectivity index is 1.70. The lowest BCUT2D eigenvalue weighted by Crippen LogP contribution is -2.20. The normalized spacial score (nSPS) is 11.0. The molecule has 2 heterocycles. The third-order valence-corrected chi connectivity index (χ3v) is 4.62. The van der Waals surface area contributed by atoms with Crippen molar-refractivity contribution in [3.8, 4) is 11.1 Å². The molecule has 0 unspecified atom stereocenters. The molecule has 29 heavy (non-hydrogen) atoms. The van der Waals surface area contributed by atoms with E-state index in [0.29, 0.717) is 17.1 Å². The number of rotatable bonds is 4. The Hall–Kier alpha value is -3.94. The van der Waals surface area contributed by atoms with E-state index in [9.17, 15) is 14.0 Å². The molecule has 0 fully saturated rings. The summed E-state index contributed by atoms with van der Waals surface area (Å²) in [5.74, 6) is -0.284. The zero-order valence-electron chi connectivity index (χ0n) is 15.6. The second kappa shape index (κ2) is 7.23. The molecule has 8 heteroatoms. The topological polar surface area (TPSA) is 106 Å². The number of carbonyl (C=O) groups is 1. The van der Waals surface area contributed by atoms with Crippen LogP contribution in [0.4, 0.5) is 15.9 Å². The molecule has 0 atom stereocenters. The average Bonchev–Trinajstić information content (AvgIpc) is 3.06. The van der Waals surface area contributed by atoms with Crippen LogP contribution in [0.15, 0.2) is 59.5 Å². The molecule has 0 aliphatic rings. The van der Waals surface area contributed by atoms with Gasteiger partial charge in [-0.25, -0.2) is 4.39 Å². The monoisotopic (exact) mass is 391 g/mol. The van der Waals surface area contributed by atoms with Crippen molar-refractivity contribution in [2.24, 2.45) is 0 Å². The van der Waals surface area contributed by atoms with Crippen molar-refractivity contribution in [2.75, 3.05) is 11.1 Å². The van der Waals surface area contributed by atoms with Crippen LogP contribution in [0.3, 0.4) is 0 Å². The van der Waals surface area contributed by atoms with Gasteiger partial charge in [-0.15, -0.1) is 0 Å². The van der Waals surface area contributed by atoms with Crippen LogP contribution in [0.25, 0.3) is 22.0 Å². The highest BCUT2D eigenvalue weighted by atomic mass is 19.1. The van der Waals surface area contributed by atoms with Crippen LogP contribution >= 0.6 is 0 Å². The molecule has 2 aromatic carbocycles. The number of fused-ring (bicyclic) bond motifs is 1. The van der Waals surface area contributed by atoms with E-state index in [2.05, 4.69) is 15.5 Å². The molecule has 7 nitrogen and oxygen atoms in total. The summed E-state index contributed by atoms with van der Waals surface area (Å²) in [4.78, 5) is 23.6. The first-order chi connectivity index (χ1) is 13.9. The van der Waals surface area contributed by atoms with Gasteiger partial charge in [0, 0.05) is 35.8 Å². The molecule has 0 bridgehead atoms. The number of anilines is 2. The predicted molar refractivity (Wildman–Crippen MR) is 110 cm³/mol. The van der Waals surface area contributed by atoms with Crippen molar-refractivity contribution in [2.45, 2.75) is 13.5 Å². The van der Waals surface area contributed by atoms with Crippen LogP contribution < -0.4 is 16.6 Å². The lowest BCUT2D eigenvalue weighted by atomic mass is 10.1. The Bertz CT molecular complexity index is 1290. The molecule has 0 aliphatic heterocycles. The number of pyridine rings is 1. The minimum absolute atomic E-state index is 0.0329. The van der Waals surface area contributed by atoms with Crippen LogP contribution in [0.5, 0.6) is 0 Å². The van der Waals surface area contributed by atoms with Crippen molar-refractivity contribution in [1.29, 1.82) is 0 Å². The zero-order valence-corrected chi connectivity index (χ0v) is 15.6. The molecule has 146 valence electrons. The largest absolute Gasteiger partial charge is 0.382 e. The minimum atomic E-state index is -0.453. The van der Waals surface area contributed by atoms with Gasteiger partial charge in [-0.1, -0.05) is 6.07 Å². The van der Waals surface area contributed by atoms with Crippen LogP contribution in [0.1, 0.15) is 12.5 Å². The molecular weight excluding hydrogens is 373 g/mol. The number of benzene rings is 2. The summed E-state index contributed by atoms with van der Waals surface area (Å²) in [6, 6.07) is 13.1. The Morgan fingerprint density at radius 1 is 1.17 bits per heavy atom. The molecule has 4 aromatic rings. The van der Waals surface area contributed by atoms with Crippen LogP contribution in [-0.4, -0.2) is 20.7 Å². The summed E-state index contributed by atoms with van der Waals surface area (Å²) in [6.45, 7) is 1.41. The van der Waals surface area contributed by atoms with Crippen molar-refractivity contribution in [3.63, 3.8) is 0 Å². The van der Waals surface area contributed by atoms with E-state index in [1.165, 1.54) is 35.8 Å². The number of nitrogens with two attached hydrogens (primary N) is 1. The third-order valence-electron chi connectivity index (χ3n) is 4.62. The molecule has 0 saturated heterocycles. The molecule has 0 aliphatic carbocycles. The minimum Gasteiger partial charge on any atom is -0.382 e. The van der Waals surface area contributed by atoms with Gasteiger partial charge in [0.25, 0.3) is 5.56 Å². The quantitative estimate of drug-likeness (QED) is 0.497. The van der Waals surface area contributed by atoms with Gasteiger partial charge in [0.1, 0.15) is 5.82 Å². The van der Waals surface area contributed by atoms with Crippen LogP contribution in [0.2, 0.25) is 0 Å². The molecular formula is C21H18FN5O2. The van der Waals surface area contributed by atoms with E-state index >= 15 is 0 Å². The van der Waals surface area contributed by atoms with E-state index < -0.39 is 5.82 Å². The van der Waals surface area contributed by atoms with Crippen molar-refractivity contribution in [1.82, 2.24) is 14.8 Å². The number of aromatic amines is 1. The summed E-state index contributed by atoms with van der Waals surface area (Å²) in [6.07, 6.45) is 1.67. The van der Waals surface area contributed by atoms with E-state index in [4.69, 9.17) is 5.73 Å². The summed E-state index contributed by atoms with van der Waals surface area (Å²) >= 11 is 0. The number of carbonyl (C=O) groups excluding carboxylic acids is 1. The number of nitrogen functional groups attached to an aromatic ring is 1. The summed E-state index contributed by atoms with van der Waals surface area (Å²) in [5.41, 5.74) is 8.75. The smallest absolute Gasteiger partial charge is 0.250 e. The maximum atomic E-state index is 14.3. The van der Waals surface area contributed by atoms with Crippen molar-refractivity contribution < 1.29 is 9.18 Å². The maximum Gasteiger partial charge on any atom is 0.250 e. The zero-order chi connectivity index (χ0) is 20.5. The van der Waals surface area contributed by atoms with Crippen molar-refractivity contribution >= 4 is 28.3 Å². The van der Waals surface area contributed by atoms with Gasteiger partial charge in [-0.2, -0.15) is 5.10 Å². The second-order valence-corrected chi connectivity index (χ2v) is 6.74. The summed E-state index contributed by atoms with van der Waals surface area (Å²) < 4.78 is 15.7. The van der Waals surface area contributed by atoms with Gasteiger partial charge in [0.05, 0.1) is 12.1 Å². The fraction of sp³-hybridized carbons (Fsp3) is 0.0952. The standard InChI is InChI=1S/C21H18FN5O2/c1-12(28)24-16-4-6-18(22)15(8-16)11-27-10-14(3-7-20(27)29)13-2-5-17-19(9-13)25-26-21(17)23/h2-10H,11H2,1H3,(H,24,28)(H3,23,25,26). The number of halogens is 1. The molecule has 1 amide bonds. The number of aromatic nitrogens is 3. The molecule has 4 N–H and O–H groups in total. The van der Waals surface area contributed by atoms with E-state index in [-0.39, 0.29) is 18.0 Å². The van der Waals surface area contributed by atoms with Gasteiger partial charge in [-0.3, -0.25) is 14.7 Å². The Morgan fingerprint density at radius 2 is 1.97 bits per heavy atom. The van der Waals surface area contributed by atoms with E-state index in [1.54, 1.807) is 12.3 Å². The van der Waals surface area contributed by atoms with E-state index in [1.807, 2.05) is 18.2 Å². The summed E-state index contributed by atoms with van der Waals surface area (Å²) in [7, 11) is 0. The number of nitrogens with one attached hydrogen (secondary N) is 2. The SMILES string of the molecule is CC(=O)Nc1ccc(F)c(Cn2cc(-c3ccc4c(N)n[nH]c4c3)ccc2=O)c1. The summed E-state index contributed by atoms with van der Waals surface area (Å²) in [5, 5.41) is 10.3. The van der Waals surface area contributed by atoms with Crippen LogP contribution in [0, 0.1) is 5.82 Å². The number of H-pyrrole nitrogens is 1. The first-order valence-electron chi connectivity index (χ1n) is 8.91. The van der Waals surface area contributed by atoms with Gasteiger partial charge >= 0.3 is 0 Å². The molecule has 0 saturated carbocycles. The van der Waals surface area contributed by atoms with Gasteiger partial charge in [-0.05, 0) is 47.5 Å². The molecule has 0 spiro atoms. The highest BCUT2D eigenvalue weighted by molar-refractivity contribution is 5.91. The Labute approximate surface area is 165 Å². The second-order valence-electron chi connectivity index (χ2n) is 6.74. The molecule has 0 radical (unpaired) electrons. The lowest BCUT2D eigenvalue weighted by Gasteiger charge is -2.11. The fourth-order valence-corrected chi connectivity index (χ4v) is 3.21. The number of hydrogen-bond acceptors (Lipinski definition) is 4. The fourth-order valence-electron chi connectivity index (χ4n) is 3.21. The van der Waals surface area contributed by atoms with Crippen LogP contribution in [-0.2, 0) is 11.3 Å². The number of amides is 1. The highest BCUT2D eigenvalue weighted by Crippen LogP contribution is 2.25. The number of hydrogen-bond donors (Lipinski definition) is 3. The highest BCUT2D eigenvalue weighted by Gasteiger charge is 2.09. The van der Waals surface area contributed by atoms with Crippen molar-refractivity contribution in [3.05, 3.63) is 76.5 Å². The number of nitrogens with zero attached hydrogens (tertiary/aromatic N) is 2. The van der Waals surface area contributed by atoms with E-state index in [0.717, 1.165) is 22.0 Å². The van der Waals surface area contributed by atoms with Gasteiger partial charge < -0.3 is 15.6 Å². The molecule has 4 rings (SSSR count). The van der Waals surface area contributed by atoms with Gasteiger partial charge in [0.15, 0.2) is 5.82 Å². The molecule has 2 aromatic heterocycles. The average molecular weight is 391 g/mol. The van der Waals surface area contributed by atoms with Gasteiger partial charge in [0.2, 0.25) is 5.91 Å². The Morgan fingerprint density at radius 3 is 2.76 bits per heavy atom. The predicted octanol–water partition coefficient (Wildman–Crippen LogP) is 3.12. The maximum absolute atomic E-state index is 14.3. The Kier molecular flexibility index (Phi) is 4.59. The third kappa shape index (κ3) is 3.73. The first kappa shape index (κ1) is 18.4. The lowest BCUT2D eigenvalue weighted by molar-refractivity contribution is -0.114. The first-order valence-corrected chi connectivity index (χ1v) is 8.91.